The molecule has 2 aromatic heterocycles. The van der Waals surface area contributed by atoms with Crippen LogP contribution in [-0.4, -0.2) is 15.5 Å². The van der Waals surface area contributed by atoms with Crippen LogP contribution in [0.1, 0.15) is 35.1 Å². The van der Waals surface area contributed by atoms with Gasteiger partial charge in [-0.05, 0) is 53.9 Å². The number of pyridine rings is 1. The SMILES string of the molecule is Cc1nc(Cl)ccc1NC(=O)c1cc(Br)cn1C1CC1. The van der Waals surface area contributed by atoms with Gasteiger partial charge in [-0.3, -0.25) is 4.79 Å². The highest BCUT2D eigenvalue weighted by Crippen LogP contribution is 2.37. The number of halogens is 2. The molecule has 104 valence electrons. The monoisotopic (exact) mass is 353 g/mol. The van der Waals surface area contributed by atoms with Crippen molar-refractivity contribution in [3.8, 4) is 0 Å². The van der Waals surface area contributed by atoms with E-state index in [1.807, 2.05) is 23.8 Å². The number of aryl methyl sites for hydroxylation is 1. The van der Waals surface area contributed by atoms with E-state index in [1.165, 1.54) is 0 Å². The summed E-state index contributed by atoms with van der Waals surface area (Å²) >= 11 is 9.24. The molecular weight excluding hydrogens is 342 g/mol. The van der Waals surface area contributed by atoms with Gasteiger partial charge in [-0.2, -0.15) is 0 Å². The summed E-state index contributed by atoms with van der Waals surface area (Å²) in [4.78, 5) is 16.5. The third kappa shape index (κ3) is 2.74. The quantitative estimate of drug-likeness (QED) is 0.840. The molecule has 0 saturated heterocycles. The summed E-state index contributed by atoms with van der Waals surface area (Å²) < 4.78 is 2.94. The molecule has 2 aromatic rings. The number of amides is 1. The van der Waals surface area contributed by atoms with Gasteiger partial charge in [-0.15, -0.1) is 0 Å². The predicted octanol–water partition coefficient (Wildman–Crippen LogP) is 4.19. The van der Waals surface area contributed by atoms with Crippen LogP contribution in [0.2, 0.25) is 5.15 Å². The summed E-state index contributed by atoms with van der Waals surface area (Å²) in [7, 11) is 0. The summed E-state index contributed by atoms with van der Waals surface area (Å²) in [6, 6.07) is 5.72. The fourth-order valence-corrected chi connectivity index (χ4v) is 2.76. The Morgan fingerprint density at radius 1 is 1.50 bits per heavy atom. The molecule has 4 nitrogen and oxygen atoms in total. The van der Waals surface area contributed by atoms with Crippen molar-refractivity contribution in [1.82, 2.24) is 9.55 Å². The molecule has 0 bridgehead atoms. The third-order valence-electron chi connectivity index (χ3n) is 3.29. The Morgan fingerprint density at radius 3 is 2.90 bits per heavy atom. The molecule has 20 heavy (non-hydrogen) atoms. The van der Waals surface area contributed by atoms with E-state index in [0.717, 1.165) is 17.3 Å². The van der Waals surface area contributed by atoms with Gasteiger partial charge < -0.3 is 9.88 Å². The smallest absolute Gasteiger partial charge is 0.272 e. The molecule has 1 aliphatic carbocycles. The van der Waals surface area contributed by atoms with Gasteiger partial charge in [0, 0.05) is 16.7 Å². The number of hydrogen-bond acceptors (Lipinski definition) is 2. The molecule has 0 aliphatic heterocycles. The Balaban J connectivity index is 1.86. The third-order valence-corrected chi connectivity index (χ3v) is 3.93. The molecule has 1 fully saturated rings. The van der Waals surface area contributed by atoms with Gasteiger partial charge in [0.25, 0.3) is 5.91 Å². The second-order valence-electron chi connectivity index (χ2n) is 4.90. The first-order valence-electron chi connectivity index (χ1n) is 6.36. The number of hydrogen-bond donors (Lipinski definition) is 1. The van der Waals surface area contributed by atoms with Crippen LogP contribution in [0.25, 0.3) is 0 Å². The Bertz CT molecular complexity index is 679. The van der Waals surface area contributed by atoms with Crippen molar-refractivity contribution < 1.29 is 4.79 Å². The average Bonchev–Trinajstić information content (AvgIpc) is 3.16. The lowest BCUT2D eigenvalue weighted by Gasteiger charge is -2.10. The van der Waals surface area contributed by atoms with Gasteiger partial charge in [0.1, 0.15) is 10.8 Å². The first kappa shape index (κ1) is 13.6. The van der Waals surface area contributed by atoms with Crippen LogP contribution in [-0.2, 0) is 0 Å². The molecular formula is C14H13BrClN3O. The number of carbonyl (C=O) groups is 1. The molecule has 1 aliphatic rings. The highest BCUT2D eigenvalue weighted by atomic mass is 79.9. The highest BCUT2D eigenvalue weighted by Gasteiger charge is 2.27. The van der Waals surface area contributed by atoms with E-state index in [-0.39, 0.29) is 5.91 Å². The number of anilines is 1. The van der Waals surface area contributed by atoms with E-state index in [2.05, 4.69) is 26.2 Å². The van der Waals surface area contributed by atoms with Crippen molar-refractivity contribution in [2.45, 2.75) is 25.8 Å². The molecule has 1 amide bonds. The zero-order valence-electron chi connectivity index (χ0n) is 10.9. The summed E-state index contributed by atoms with van der Waals surface area (Å²) in [6.45, 7) is 1.82. The number of nitrogens with zero attached hydrogens (tertiary/aromatic N) is 2. The van der Waals surface area contributed by atoms with Gasteiger partial charge in [0.15, 0.2) is 0 Å². The second kappa shape index (κ2) is 5.22. The Morgan fingerprint density at radius 2 is 2.25 bits per heavy atom. The van der Waals surface area contributed by atoms with E-state index in [1.54, 1.807) is 12.1 Å². The van der Waals surface area contributed by atoms with Gasteiger partial charge in [-0.25, -0.2) is 4.98 Å². The first-order valence-corrected chi connectivity index (χ1v) is 7.53. The van der Waals surface area contributed by atoms with Crippen molar-refractivity contribution >= 4 is 39.1 Å². The molecule has 0 aromatic carbocycles. The molecule has 2 heterocycles. The fourth-order valence-electron chi connectivity index (χ4n) is 2.13. The highest BCUT2D eigenvalue weighted by molar-refractivity contribution is 9.10. The fraction of sp³-hybridized carbons (Fsp3) is 0.286. The van der Waals surface area contributed by atoms with Crippen LogP contribution < -0.4 is 5.32 Å². The maximum atomic E-state index is 12.4. The molecule has 0 unspecified atom stereocenters. The predicted molar refractivity (Wildman–Crippen MR) is 82.3 cm³/mol. The minimum atomic E-state index is -0.130. The molecule has 0 radical (unpaired) electrons. The minimum absolute atomic E-state index is 0.130. The summed E-state index contributed by atoms with van der Waals surface area (Å²) in [5.41, 5.74) is 2.04. The maximum Gasteiger partial charge on any atom is 0.272 e. The average molecular weight is 355 g/mol. The van der Waals surface area contributed by atoms with Crippen LogP contribution in [0, 0.1) is 6.92 Å². The Hall–Kier alpha value is -1.33. The standard InChI is InChI=1S/C14H13BrClN3O/c1-8-11(4-5-13(16)17-8)18-14(20)12-6-9(15)7-19(12)10-2-3-10/h4-7,10H,2-3H2,1H3,(H,18,20). The lowest BCUT2D eigenvalue weighted by atomic mass is 10.3. The van der Waals surface area contributed by atoms with E-state index >= 15 is 0 Å². The molecule has 6 heteroatoms. The van der Waals surface area contributed by atoms with Crippen LogP contribution in [0.4, 0.5) is 5.69 Å². The molecule has 1 N–H and O–H groups in total. The van der Waals surface area contributed by atoms with Crippen molar-refractivity contribution in [2.75, 3.05) is 5.32 Å². The van der Waals surface area contributed by atoms with Gasteiger partial charge >= 0.3 is 0 Å². The summed E-state index contributed by atoms with van der Waals surface area (Å²) in [6.07, 6.45) is 4.21. The minimum Gasteiger partial charge on any atom is -0.339 e. The normalized spacial score (nSPS) is 14.3. The summed E-state index contributed by atoms with van der Waals surface area (Å²) in [5.74, 6) is -0.130. The van der Waals surface area contributed by atoms with Gasteiger partial charge in [-0.1, -0.05) is 11.6 Å². The Kier molecular flexibility index (Phi) is 3.56. The summed E-state index contributed by atoms with van der Waals surface area (Å²) in [5, 5.41) is 3.31. The number of rotatable bonds is 3. The number of aromatic nitrogens is 2. The maximum absolute atomic E-state index is 12.4. The number of carbonyl (C=O) groups excluding carboxylic acids is 1. The zero-order chi connectivity index (χ0) is 14.3. The molecule has 1 saturated carbocycles. The van der Waals surface area contributed by atoms with Gasteiger partial charge in [0.05, 0.1) is 11.4 Å². The van der Waals surface area contributed by atoms with E-state index in [4.69, 9.17) is 11.6 Å². The molecule has 0 atom stereocenters. The number of nitrogens with one attached hydrogen (secondary N) is 1. The zero-order valence-corrected chi connectivity index (χ0v) is 13.2. The second-order valence-corrected chi connectivity index (χ2v) is 6.21. The van der Waals surface area contributed by atoms with Crippen LogP contribution in [0.5, 0.6) is 0 Å². The van der Waals surface area contributed by atoms with E-state index in [9.17, 15) is 4.79 Å². The van der Waals surface area contributed by atoms with Crippen molar-refractivity contribution in [3.63, 3.8) is 0 Å². The lowest BCUT2D eigenvalue weighted by Crippen LogP contribution is -2.17. The van der Waals surface area contributed by atoms with Crippen molar-refractivity contribution in [3.05, 3.63) is 45.4 Å². The van der Waals surface area contributed by atoms with Crippen LogP contribution in [0.3, 0.4) is 0 Å². The molecule has 3 rings (SSSR count). The van der Waals surface area contributed by atoms with E-state index in [0.29, 0.717) is 28.3 Å². The topological polar surface area (TPSA) is 46.9 Å². The van der Waals surface area contributed by atoms with Crippen molar-refractivity contribution in [1.29, 1.82) is 0 Å². The Labute approximate surface area is 130 Å². The van der Waals surface area contributed by atoms with Gasteiger partial charge in [0.2, 0.25) is 0 Å². The van der Waals surface area contributed by atoms with E-state index < -0.39 is 0 Å². The van der Waals surface area contributed by atoms with Crippen LogP contribution in [0.15, 0.2) is 28.9 Å². The van der Waals surface area contributed by atoms with Crippen molar-refractivity contribution in [2.24, 2.45) is 0 Å². The van der Waals surface area contributed by atoms with Crippen LogP contribution >= 0.6 is 27.5 Å². The largest absolute Gasteiger partial charge is 0.339 e. The first-order chi connectivity index (χ1) is 9.54. The lowest BCUT2D eigenvalue weighted by molar-refractivity contribution is 0.101. The molecule has 0 spiro atoms.